The highest BCUT2D eigenvalue weighted by molar-refractivity contribution is 5.75. The molecule has 1 unspecified atom stereocenters. The second-order valence-electron chi connectivity index (χ2n) is 4.97. The maximum absolute atomic E-state index is 6.49. The third kappa shape index (κ3) is 2.38. The lowest BCUT2D eigenvalue weighted by Crippen LogP contribution is -2.34. The standard InChI is InChI=1S/C18H17N/c19-18(17-9-5-2-6-10-17)13-11-16(12-14-18)15-7-3-1-4-8-15/h1-13H,14,19H2. The van der Waals surface area contributed by atoms with E-state index in [-0.39, 0.29) is 5.54 Å². The highest BCUT2D eigenvalue weighted by atomic mass is 14.7. The third-order valence-electron chi connectivity index (χ3n) is 3.64. The van der Waals surface area contributed by atoms with Crippen LogP contribution in [0.5, 0.6) is 0 Å². The van der Waals surface area contributed by atoms with Crippen molar-refractivity contribution >= 4 is 5.57 Å². The van der Waals surface area contributed by atoms with Gasteiger partial charge in [0, 0.05) is 0 Å². The number of allylic oxidation sites excluding steroid dienone is 2. The van der Waals surface area contributed by atoms with Crippen molar-refractivity contribution < 1.29 is 0 Å². The molecule has 0 saturated carbocycles. The van der Waals surface area contributed by atoms with Gasteiger partial charge in [-0.15, -0.1) is 0 Å². The van der Waals surface area contributed by atoms with Crippen LogP contribution >= 0.6 is 0 Å². The van der Waals surface area contributed by atoms with Gasteiger partial charge in [0.15, 0.2) is 0 Å². The van der Waals surface area contributed by atoms with E-state index in [4.69, 9.17) is 5.73 Å². The fraction of sp³-hybridized carbons (Fsp3) is 0.111. The summed E-state index contributed by atoms with van der Waals surface area (Å²) in [5, 5.41) is 0. The largest absolute Gasteiger partial charge is 0.318 e. The van der Waals surface area contributed by atoms with Crippen molar-refractivity contribution in [2.75, 3.05) is 0 Å². The zero-order valence-electron chi connectivity index (χ0n) is 10.8. The average Bonchev–Trinajstić information content (AvgIpc) is 2.50. The van der Waals surface area contributed by atoms with Crippen LogP contribution in [0.15, 0.2) is 78.9 Å². The first-order valence-corrected chi connectivity index (χ1v) is 6.57. The Morgan fingerprint density at radius 3 is 2.05 bits per heavy atom. The van der Waals surface area contributed by atoms with Crippen LogP contribution in [0.25, 0.3) is 5.57 Å². The first-order chi connectivity index (χ1) is 9.28. The minimum absolute atomic E-state index is 0.375. The van der Waals surface area contributed by atoms with E-state index in [0.29, 0.717) is 0 Å². The summed E-state index contributed by atoms with van der Waals surface area (Å²) < 4.78 is 0. The maximum Gasteiger partial charge on any atom is 0.0633 e. The summed E-state index contributed by atoms with van der Waals surface area (Å²) >= 11 is 0. The summed E-state index contributed by atoms with van der Waals surface area (Å²) in [6.07, 6.45) is 7.30. The predicted octanol–water partition coefficient (Wildman–Crippen LogP) is 3.88. The number of hydrogen-bond acceptors (Lipinski definition) is 1. The lowest BCUT2D eigenvalue weighted by Gasteiger charge is -2.28. The molecule has 0 aliphatic heterocycles. The fourth-order valence-electron chi connectivity index (χ4n) is 2.46. The molecule has 0 aromatic heterocycles. The van der Waals surface area contributed by atoms with Gasteiger partial charge in [0.1, 0.15) is 0 Å². The van der Waals surface area contributed by atoms with E-state index in [2.05, 4.69) is 54.6 Å². The van der Waals surface area contributed by atoms with Crippen molar-refractivity contribution in [2.45, 2.75) is 12.0 Å². The van der Waals surface area contributed by atoms with Crippen LogP contribution in [0.4, 0.5) is 0 Å². The van der Waals surface area contributed by atoms with Crippen molar-refractivity contribution in [1.82, 2.24) is 0 Å². The molecular formula is C18H17N. The van der Waals surface area contributed by atoms with Crippen LogP contribution in [-0.2, 0) is 5.54 Å². The first-order valence-electron chi connectivity index (χ1n) is 6.57. The van der Waals surface area contributed by atoms with Crippen LogP contribution in [0, 0.1) is 0 Å². The van der Waals surface area contributed by atoms with Crippen LogP contribution in [0.1, 0.15) is 17.5 Å². The minimum atomic E-state index is -0.375. The van der Waals surface area contributed by atoms with Gasteiger partial charge < -0.3 is 5.73 Å². The molecule has 2 aromatic rings. The number of rotatable bonds is 2. The van der Waals surface area contributed by atoms with Crippen molar-refractivity contribution in [3.63, 3.8) is 0 Å². The fourth-order valence-corrected chi connectivity index (χ4v) is 2.46. The average molecular weight is 247 g/mol. The molecule has 0 radical (unpaired) electrons. The van der Waals surface area contributed by atoms with Gasteiger partial charge in [0.05, 0.1) is 5.54 Å². The molecule has 3 rings (SSSR count). The Balaban J connectivity index is 1.87. The van der Waals surface area contributed by atoms with Gasteiger partial charge in [-0.2, -0.15) is 0 Å². The van der Waals surface area contributed by atoms with E-state index in [9.17, 15) is 0 Å². The molecule has 19 heavy (non-hydrogen) atoms. The SMILES string of the molecule is NC1(c2ccccc2)C=CC(c2ccccc2)=CC1. The normalized spacial score (nSPS) is 22.1. The zero-order chi connectivity index (χ0) is 13.1. The lowest BCUT2D eigenvalue weighted by atomic mass is 9.82. The van der Waals surface area contributed by atoms with E-state index < -0.39 is 0 Å². The molecule has 0 amide bonds. The smallest absolute Gasteiger partial charge is 0.0633 e. The highest BCUT2D eigenvalue weighted by Gasteiger charge is 2.25. The Morgan fingerprint density at radius 2 is 1.47 bits per heavy atom. The Morgan fingerprint density at radius 1 is 0.842 bits per heavy atom. The van der Waals surface area contributed by atoms with Gasteiger partial charge >= 0.3 is 0 Å². The zero-order valence-corrected chi connectivity index (χ0v) is 10.8. The topological polar surface area (TPSA) is 26.0 Å². The highest BCUT2D eigenvalue weighted by Crippen LogP contribution is 2.31. The predicted molar refractivity (Wildman–Crippen MR) is 80.5 cm³/mol. The quantitative estimate of drug-likeness (QED) is 0.856. The van der Waals surface area contributed by atoms with Gasteiger partial charge in [-0.05, 0) is 23.1 Å². The van der Waals surface area contributed by atoms with Crippen LogP contribution in [0.3, 0.4) is 0 Å². The lowest BCUT2D eigenvalue weighted by molar-refractivity contribution is 0.567. The monoisotopic (exact) mass is 247 g/mol. The Hall–Kier alpha value is -2.12. The van der Waals surface area contributed by atoms with Gasteiger partial charge in [0.2, 0.25) is 0 Å². The molecule has 1 heteroatoms. The molecule has 1 aliphatic rings. The molecule has 2 N–H and O–H groups in total. The summed E-state index contributed by atoms with van der Waals surface area (Å²) in [5.74, 6) is 0. The summed E-state index contributed by atoms with van der Waals surface area (Å²) in [6.45, 7) is 0. The summed E-state index contributed by atoms with van der Waals surface area (Å²) in [4.78, 5) is 0. The van der Waals surface area contributed by atoms with E-state index in [0.717, 1.165) is 12.0 Å². The molecule has 94 valence electrons. The van der Waals surface area contributed by atoms with Crippen molar-refractivity contribution in [3.8, 4) is 0 Å². The van der Waals surface area contributed by atoms with Gasteiger partial charge in [0.25, 0.3) is 0 Å². The second kappa shape index (κ2) is 4.87. The molecule has 1 atom stereocenters. The maximum atomic E-state index is 6.49. The molecule has 1 aliphatic carbocycles. The Bertz CT molecular complexity index is 611. The van der Waals surface area contributed by atoms with E-state index >= 15 is 0 Å². The molecule has 0 heterocycles. The van der Waals surface area contributed by atoms with Crippen molar-refractivity contribution in [2.24, 2.45) is 5.73 Å². The summed E-state index contributed by atoms with van der Waals surface area (Å²) in [6, 6.07) is 20.7. The van der Waals surface area contributed by atoms with Crippen molar-refractivity contribution in [1.29, 1.82) is 0 Å². The number of hydrogen-bond donors (Lipinski definition) is 1. The van der Waals surface area contributed by atoms with E-state index in [1.807, 2.05) is 24.3 Å². The Kier molecular flexibility index (Phi) is 3.06. The molecule has 0 spiro atoms. The summed E-state index contributed by atoms with van der Waals surface area (Å²) in [5.41, 5.74) is 9.77. The minimum Gasteiger partial charge on any atom is -0.318 e. The third-order valence-corrected chi connectivity index (χ3v) is 3.64. The van der Waals surface area contributed by atoms with E-state index in [1.165, 1.54) is 11.1 Å². The molecule has 2 aromatic carbocycles. The van der Waals surface area contributed by atoms with Crippen molar-refractivity contribution in [3.05, 3.63) is 90.0 Å². The van der Waals surface area contributed by atoms with Gasteiger partial charge in [-0.1, -0.05) is 78.9 Å². The van der Waals surface area contributed by atoms with E-state index in [1.54, 1.807) is 0 Å². The first kappa shape index (κ1) is 11.9. The van der Waals surface area contributed by atoms with Gasteiger partial charge in [-0.25, -0.2) is 0 Å². The molecule has 0 fully saturated rings. The summed E-state index contributed by atoms with van der Waals surface area (Å²) in [7, 11) is 0. The number of benzene rings is 2. The van der Waals surface area contributed by atoms with Crippen LogP contribution in [-0.4, -0.2) is 0 Å². The van der Waals surface area contributed by atoms with Gasteiger partial charge in [-0.3, -0.25) is 0 Å². The van der Waals surface area contributed by atoms with Crippen LogP contribution in [0.2, 0.25) is 0 Å². The molecular weight excluding hydrogens is 230 g/mol. The second-order valence-corrected chi connectivity index (χ2v) is 4.97. The molecule has 0 bridgehead atoms. The Labute approximate surface area is 114 Å². The molecule has 1 nitrogen and oxygen atoms in total. The number of nitrogens with two attached hydrogens (primary N) is 1. The molecule has 0 saturated heterocycles. The van der Waals surface area contributed by atoms with Crippen LogP contribution < -0.4 is 5.73 Å².